The predicted molar refractivity (Wildman–Crippen MR) is 81.9 cm³/mol. The van der Waals surface area contributed by atoms with E-state index in [2.05, 4.69) is 6.58 Å². The van der Waals surface area contributed by atoms with E-state index in [1.165, 1.54) is 4.90 Å². The average Bonchev–Trinajstić information content (AvgIpc) is 2.72. The van der Waals surface area contributed by atoms with Crippen molar-refractivity contribution in [3.05, 3.63) is 83.4 Å². The van der Waals surface area contributed by atoms with Crippen molar-refractivity contribution in [1.29, 1.82) is 0 Å². The summed E-state index contributed by atoms with van der Waals surface area (Å²) in [6.07, 6.45) is 1.63. The molecule has 0 unspecified atom stereocenters. The number of aliphatic hydroxyl groups is 1. The Morgan fingerprint density at radius 3 is 2.52 bits per heavy atom. The van der Waals surface area contributed by atoms with Crippen LogP contribution in [-0.2, 0) is 5.72 Å². The molecule has 0 aromatic heterocycles. The SMILES string of the molecule is C=CCN1C(=O)c2ccccc2[C@@]1(O)c1ccc(C)cc1. The maximum Gasteiger partial charge on any atom is 0.257 e. The van der Waals surface area contributed by atoms with Gasteiger partial charge in [0.2, 0.25) is 0 Å². The van der Waals surface area contributed by atoms with Crippen LogP contribution in [0.15, 0.2) is 61.2 Å². The molecule has 1 N–H and O–H groups in total. The molecule has 1 atom stereocenters. The van der Waals surface area contributed by atoms with Crippen LogP contribution in [0.2, 0.25) is 0 Å². The van der Waals surface area contributed by atoms with Crippen molar-refractivity contribution < 1.29 is 9.90 Å². The highest BCUT2D eigenvalue weighted by atomic mass is 16.3. The fraction of sp³-hybridized carbons (Fsp3) is 0.167. The van der Waals surface area contributed by atoms with Gasteiger partial charge in [0, 0.05) is 23.2 Å². The Morgan fingerprint density at radius 1 is 1.19 bits per heavy atom. The number of hydrogen-bond acceptors (Lipinski definition) is 2. The number of rotatable bonds is 3. The Labute approximate surface area is 124 Å². The number of nitrogens with zero attached hydrogens (tertiary/aromatic N) is 1. The minimum atomic E-state index is -1.43. The molecule has 1 amide bonds. The molecule has 0 spiro atoms. The van der Waals surface area contributed by atoms with Crippen molar-refractivity contribution in [3.8, 4) is 0 Å². The quantitative estimate of drug-likeness (QED) is 0.878. The third-order valence-corrected chi connectivity index (χ3v) is 3.93. The number of carbonyl (C=O) groups is 1. The zero-order chi connectivity index (χ0) is 15.0. The van der Waals surface area contributed by atoms with Gasteiger partial charge in [-0.05, 0) is 13.0 Å². The lowest BCUT2D eigenvalue weighted by molar-refractivity contribution is -0.0444. The molecule has 0 saturated heterocycles. The summed E-state index contributed by atoms with van der Waals surface area (Å²) < 4.78 is 0. The van der Waals surface area contributed by atoms with Gasteiger partial charge >= 0.3 is 0 Å². The lowest BCUT2D eigenvalue weighted by Gasteiger charge is -2.34. The lowest BCUT2D eigenvalue weighted by atomic mass is 9.93. The average molecular weight is 279 g/mol. The van der Waals surface area contributed by atoms with Gasteiger partial charge in [-0.15, -0.1) is 6.58 Å². The van der Waals surface area contributed by atoms with Gasteiger partial charge in [0.15, 0.2) is 5.72 Å². The topological polar surface area (TPSA) is 40.5 Å². The number of amides is 1. The Hall–Kier alpha value is -2.39. The van der Waals surface area contributed by atoms with Gasteiger partial charge in [0.1, 0.15) is 0 Å². The Balaban J connectivity index is 2.23. The van der Waals surface area contributed by atoms with Crippen molar-refractivity contribution in [2.45, 2.75) is 12.6 Å². The molecule has 1 aliphatic heterocycles. The van der Waals surface area contributed by atoms with Gasteiger partial charge in [-0.2, -0.15) is 0 Å². The van der Waals surface area contributed by atoms with Crippen LogP contribution in [0.4, 0.5) is 0 Å². The van der Waals surface area contributed by atoms with Gasteiger partial charge in [0.05, 0.1) is 0 Å². The predicted octanol–water partition coefficient (Wildman–Crippen LogP) is 2.83. The second-order valence-electron chi connectivity index (χ2n) is 5.29. The zero-order valence-electron chi connectivity index (χ0n) is 11.9. The van der Waals surface area contributed by atoms with Gasteiger partial charge in [-0.25, -0.2) is 0 Å². The van der Waals surface area contributed by atoms with Crippen LogP contribution in [-0.4, -0.2) is 22.5 Å². The summed E-state index contributed by atoms with van der Waals surface area (Å²) in [6.45, 7) is 5.97. The molecule has 0 radical (unpaired) electrons. The molecular formula is C18H17NO2. The molecule has 0 saturated carbocycles. The van der Waals surface area contributed by atoms with Gasteiger partial charge < -0.3 is 5.11 Å². The lowest BCUT2D eigenvalue weighted by Crippen LogP contribution is -2.44. The molecule has 0 bridgehead atoms. The molecule has 2 aromatic rings. The standard InChI is InChI=1S/C18H17NO2/c1-3-12-19-17(20)15-6-4-5-7-16(15)18(19,21)14-10-8-13(2)9-11-14/h3-11,21H,1,12H2,2H3/t18-/m0/s1. The minimum Gasteiger partial charge on any atom is -0.363 e. The van der Waals surface area contributed by atoms with E-state index >= 15 is 0 Å². The summed E-state index contributed by atoms with van der Waals surface area (Å²) in [5.74, 6) is -0.173. The third kappa shape index (κ3) is 1.89. The monoisotopic (exact) mass is 279 g/mol. The van der Waals surface area contributed by atoms with Gasteiger partial charge in [-0.3, -0.25) is 9.69 Å². The molecule has 21 heavy (non-hydrogen) atoms. The molecule has 3 heteroatoms. The molecule has 3 nitrogen and oxygen atoms in total. The van der Waals surface area contributed by atoms with Crippen molar-refractivity contribution in [3.63, 3.8) is 0 Å². The van der Waals surface area contributed by atoms with Gasteiger partial charge in [-0.1, -0.05) is 54.1 Å². The summed E-state index contributed by atoms with van der Waals surface area (Å²) in [5, 5.41) is 11.3. The van der Waals surface area contributed by atoms with Crippen LogP contribution in [0.5, 0.6) is 0 Å². The van der Waals surface area contributed by atoms with E-state index < -0.39 is 5.72 Å². The summed E-state index contributed by atoms with van der Waals surface area (Å²) in [4.78, 5) is 14.0. The number of benzene rings is 2. The first-order valence-electron chi connectivity index (χ1n) is 6.91. The number of carbonyl (C=O) groups excluding carboxylic acids is 1. The summed E-state index contributed by atoms with van der Waals surface area (Å²) >= 11 is 0. The van der Waals surface area contributed by atoms with Crippen LogP contribution in [0, 0.1) is 6.92 Å². The molecule has 2 aromatic carbocycles. The smallest absolute Gasteiger partial charge is 0.257 e. The molecule has 3 rings (SSSR count). The van der Waals surface area contributed by atoms with Crippen LogP contribution < -0.4 is 0 Å². The van der Waals surface area contributed by atoms with E-state index in [1.54, 1.807) is 18.2 Å². The number of hydrogen-bond donors (Lipinski definition) is 1. The Bertz CT molecular complexity index is 705. The van der Waals surface area contributed by atoms with Crippen molar-refractivity contribution in [1.82, 2.24) is 4.90 Å². The van der Waals surface area contributed by atoms with Crippen LogP contribution in [0.3, 0.4) is 0 Å². The van der Waals surface area contributed by atoms with Crippen molar-refractivity contribution in [2.24, 2.45) is 0 Å². The maximum absolute atomic E-state index is 12.6. The molecule has 1 aliphatic rings. The van der Waals surface area contributed by atoms with Gasteiger partial charge in [0.25, 0.3) is 5.91 Å². The Morgan fingerprint density at radius 2 is 1.86 bits per heavy atom. The highest BCUT2D eigenvalue weighted by molar-refractivity contribution is 6.00. The summed E-state index contributed by atoms with van der Waals surface area (Å²) in [7, 11) is 0. The molecule has 1 heterocycles. The van der Waals surface area contributed by atoms with E-state index in [0.29, 0.717) is 16.7 Å². The first-order chi connectivity index (χ1) is 10.1. The van der Waals surface area contributed by atoms with E-state index in [1.807, 2.05) is 43.3 Å². The van der Waals surface area contributed by atoms with E-state index in [4.69, 9.17) is 0 Å². The van der Waals surface area contributed by atoms with E-state index in [-0.39, 0.29) is 12.5 Å². The normalized spacial score (nSPS) is 20.5. The first kappa shape index (κ1) is 13.6. The van der Waals surface area contributed by atoms with Crippen LogP contribution in [0.1, 0.15) is 27.0 Å². The van der Waals surface area contributed by atoms with Crippen LogP contribution in [0.25, 0.3) is 0 Å². The fourth-order valence-corrected chi connectivity index (χ4v) is 2.85. The second kappa shape index (κ2) is 4.86. The third-order valence-electron chi connectivity index (χ3n) is 3.93. The van der Waals surface area contributed by atoms with Crippen LogP contribution >= 0.6 is 0 Å². The second-order valence-corrected chi connectivity index (χ2v) is 5.29. The molecule has 0 aliphatic carbocycles. The van der Waals surface area contributed by atoms with Crippen molar-refractivity contribution >= 4 is 5.91 Å². The minimum absolute atomic E-state index is 0.173. The zero-order valence-corrected chi connectivity index (χ0v) is 11.9. The van der Waals surface area contributed by atoms with Crippen molar-refractivity contribution in [2.75, 3.05) is 6.54 Å². The molecule has 106 valence electrons. The highest BCUT2D eigenvalue weighted by Gasteiger charge is 2.48. The summed E-state index contributed by atoms with van der Waals surface area (Å²) in [5.41, 5.74) is 1.53. The highest BCUT2D eigenvalue weighted by Crippen LogP contribution is 2.41. The Kier molecular flexibility index (Phi) is 3.15. The van der Waals surface area contributed by atoms with E-state index in [0.717, 1.165) is 5.56 Å². The number of aryl methyl sites for hydroxylation is 1. The first-order valence-corrected chi connectivity index (χ1v) is 6.91. The maximum atomic E-state index is 12.6. The molecule has 0 fully saturated rings. The largest absolute Gasteiger partial charge is 0.363 e. The fourth-order valence-electron chi connectivity index (χ4n) is 2.85. The summed E-state index contributed by atoms with van der Waals surface area (Å²) in [6, 6.07) is 14.8. The molecular weight excluding hydrogens is 262 g/mol. The van der Waals surface area contributed by atoms with E-state index in [9.17, 15) is 9.90 Å². The number of fused-ring (bicyclic) bond motifs is 1.